The second kappa shape index (κ2) is 2.23. The Labute approximate surface area is 64.2 Å². The summed E-state index contributed by atoms with van der Waals surface area (Å²) in [5.41, 5.74) is 1.01. The monoisotopic (exact) mass is 141 g/mol. The van der Waals surface area contributed by atoms with E-state index < -0.39 is 0 Å². The summed E-state index contributed by atoms with van der Waals surface area (Å²) in [5.74, 6) is 0. The van der Waals surface area contributed by atoms with Gasteiger partial charge in [0.15, 0.2) is 0 Å². The van der Waals surface area contributed by atoms with E-state index in [9.17, 15) is 0 Å². The SMILES string of the molecule is CCC(C)(C)CC1(C)CN1. The van der Waals surface area contributed by atoms with Gasteiger partial charge in [0.25, 0.3) is 0 Å². The van der Waals surface area contributed by atoms with Gasteiger partial charge in [-0.2, -0.15) is 0 Å². The van der Waals surface area contributed by atoms with Crippen LogP contribution in [0.1, 0.15) is 40.5 Å². The molecule has 1 heterocycles. The molecule has 1 N–H and O–H groups in total. The van der Waals surface area contributed by atoms with Crippen molar-refractivity contribution < 1.29 is 0 Å². The Balaban J connectivity index is 2.36. The lowest BCUT2D eigenvalue weighted by Gasteiger charge is -2.25. The van der Waals surface area contributed by atoms with Gasteiger partial charge in [-0.1, -0.05) is 27.2 Å². The molecular formula is C9H19N. The summed E-state index contributed by atoms with van der Waals surface area (Å²) in [6, 6.07) is 0. The Morgan fingerprint density at radius 2 is 2.00 bits per heavy atom. The Morgan fingerprint density at radius 1 is 1.50 bits per heavy atom. The molecule has 1 nitrogen and oxygen atoms in total. The summed E-state index contributed by atoms with van der Waals surface area (Å²) < 4.78 is 0. The van der Waals surface area contributed by atoms with Crippen molar-refractivity contribution >= 4 is 0 Å². The maximum absolute atomic E-state index is 3.40. The van der Waals surface area contributed by atoms with Gasteiger partial charge in [-0.3, -0.25) is 0 Å². The van der Waals surface area contributed by atoms with Crippen LogP contribution in [-0.2, 0) is 0 Å². The van der Waals surface area contributed by atoms with E-state index in [4.69, 9.17) is 0 Å². The molecule has 1 saturated heterocycles. The largest absolute Gasteiger partial charge is 0.308 e. The summed E-state index contributed by atoms with van der Waals surface area (Å²) >= 11 is 0. The third-order valence-corrected chi connectivity index (χ3v) is 2.61. The van der Waals surface area contributed by atoms with E-state index in [0.29, 0.717) is 11.0 Å². The van der Waals surface area contributed by atoms with Gasteiger partial charge >= 0.3 is 0 Å². The lowest BCUT2D eigenvalue weighted by Crippen LogP contribution is -2.22. The lowest BCUT2D eigenvalue weighted by atomic mass is 9.81. The first-order valence-electron chi connectivity index (χ1n) is 4.22. The quantitative estimate of drug-likeness (QED) is 0.598. The summed E-state index contributed by atoms with van der Waals surface area (Å²) in [6.45, 7) is 10.5. The summed E-state index contributed by atoms with van der Waals surface area (Å²) in [4.78, 5) is 0. The van der Waals surface area contributed by atoms with Crippen molar-refractivity contribution in [1.82, 2.24) is 5.32 Å². The van der Waals surface area contributed by atoms with Gasteiger partial charge in [0.05, 0.1) is 0 Å². The molecule has 1 fully saturated rings. The standard InChI is InChI=1S/C9H19N/c1-5-8(2,3)6-9(4)7-10-9/h10H,5-7H2,1-4H3. The van der Waals surface area contributed by atoms with Crippen LogP contribution in [-0.4, -0.2) is 12.1 Å². The average molecular weight is 141 g/mol. The first-order chi connectivity index (χ1) is 4.47. The van der Waals surface area contributed by atoms with E-state index in [-0.39, 0.29) is 0 Å². The molecule has 1 rings (SSSR count). The van der Waals surface area contributed by atoms with Crippen LogP contribution in [0.4, 0.5) is 0 Å². The summed E-state index contributed by atoms with van der Waals surface area (Å²) in [6.07, 6.45) is 2.60. The van der Waals surface area contributed by atoms with Crippen LogP contribution in [0.15, 0.2) is 0 Å². The third-order valence-electron chi connectivity index (χ3n) is 2.61. The van der Waals surface area contributed by atoms with E-state index in [2.05, 4.69) is 33.0 Å². The predicted octanol–water partition coefficient (Wildman–Crippen LogP) is 2.17. The fourth-order valence-electron chi connectivity index (χ4n) is 1.46. The molecule has 10 heavy (non-hydrogen) atoms. The number of hydrogen-bond donors (Lipinski definition) is 1. The molecule has 60 valence electrons. The minimum absolute atomic E-state index is 0.486. The summed E-state index contributed by atoms with van der Waals surface area (Å²) in [5, 5.41) is 3.40. The van der Waals surface area contributed by atoms with Crippen LogP contribution in [0, 0.1) is 5.41 Å². The van der Waals surface area contributed by atoms with E-state index in [0.717, 1.165) is 0 Å². The van der Waals surface area contributed by atoms with Crippen LogP contribution in [0.5, 0.6) is 0 Å². The predicted molar refractivity (Wildman–Crippen MR) is 45.1 cm³/mol. The Kier molecular flexibility index (Phi) is 1.80. The molecule has 1 unspecified atom stereocenters. The van der Waals surface area contributed by atoms with Crippen molar-refractivity contribution in [1.29, 1.82) is 0 Å². The van der Waals surface area contributed by atoms with Gasteiger partial charge in [-0.25, -0.2) is 0 Å². The fraction of sp³-hybridized carbons (Fsp3) is 1.00. The molecule has 1 heteroatoms. The number of hydrogen-bond acceptors (Lipinski definition) is 1. The van der Waals surface area contributed by atoms with Crippen LogP contribution >= 0.6 is 0 Å². The first kappa shape index (κ1) is 8.06. The van der Waals surface area contributed by atoms with Crippen molar-refractivity contribution in [3.8, 4) is 0 Å². The zero-order valence-corrected chi connectivity index (χ0v) is 7.62. The third kappa shape index (κ3) is 1.98. The molecule has 0 aromatic heterocycles. The zero-order valence-electron chi connectivity index (χ0n) is 7.62. The topological polar surface area (TPSA) is 21.9 Å². The van der Waals surface area contributed by atoms with Gasteiger partial charge < -0.3 is 5.32 Å². The highest BCUT2D eigenvalue weighted by Crippen LogP contribution is 2.35. The van der Waals surface area contributed by atoms with Crippen LogP contribution in [0.25, 0.3) is 0 Å². The fourth-order valence-corrected chi connectivity index (χ4v) is 1.46. The van der Waals surface area contributed by atoms with Crippen molar-refractivity contribution in [2.24, 2.45) is 5.41 Å². The first-order valence-corrected chi connectivity index (χ1v) is 4.22. The molecule has 0 radical (unpaired) electrons. The van der Waals surface area contributed by atoms with Gasteiger partial charge in [0.1, 0.15) is 0 Å². The van der Waals surface area contributed by atoms with Crippen molar-refractivity contribution in [3.63, 3.8) is 0 Å². The van der Waals surface area contributed by atoms with Crippen LogP contribution < -0.4 is 5.32 Å². The van der Waals surface area contributed by atoms with Crippen molar-refractivity contribution in [2.45, 2.75) is 46.1 Å². The van der Waals surface area contributed by atoms with Gasteiger partial charge in [0.2, 0.25) is 0 Å². The molecular weight excluding hydrogens is 122 g/mol. The molecule has 0 amide bonds. The Morgan fingerprint density at radius 3 is 2.30 bits per heavy atom. The number of rotatable bonds is 3. The molecule has 0 aromatic rings. The van der Waals surface area contributed by atoms with E-state index in [1.54, 1.807) is 0 Å². The van der Waals surface area contributed by atoms with Gasteiger partial charge in [-0.05, 0) is 18.8 Å². The van der Waals surface area contributed by atoms with E-state index in [1.165, 1.54) is 19.4 Å². The van der Waals surface area contributed by atoms with E-state index in [1.807, 2.05) is 0 Å². The maximum atomic E-state index is 3.40. The second-order valence-electron chi connectivity index (χ2n) is 4.61. The highest BCUT2D eigenvalue weighted by atomic mass is 15.1. The molecule has 0 aromatic carbocycles. The molecule has 0 bridgehead atoms. The van der Waals surface area contributed by atoms with Crippen molar-refractivity contribution in [3.05, 3.63) is 0 Å². The summed E-state index contributed by atoms with van der Waals surface area (Å²) in [7, 11) is 0. The normalized spacial score (nSPS) is 32.4. The Hall–Kier alpha value is -0.0400. The minimum Gasteiger partial charge on any atom is -0.308 e. The molecule has 1 aliphatic rings. The van der Waals surface area contributed by atoms with Gasteiger partial charge in [-0.15, -0.1) is 0 Å². The molecule has 0 aliphatic carbocycles. The second-order valence-corrected chi connectivity index (χ2v) is 4.61. The van der Waals surface area contributed by atoms with Crippen molar-refractivity contribution in [2.75, 3.05) is 6.54 Å². The number of nitrogens with one attached hydrogen (secondary N) is 1. The van der Waals surface area contributed by atoms with Gasteiger partial charge in [0, 0.05) is 12.1 Å². The zero-order chi connectivity index (χ0) is 7.83. The molecule has 0 spiro atoms. The van der Waals surface area contributed by atoms with E-state index >= 15 is 0 Å². The smallest absolute Gasteiger partial charge is 0.0283 e. The average Bonchev–Trinajstić information content (AvgIpc) is 2.47. The van der Waals surface area contributed by atoms with Crippen LogP contribution in [0.3, 0.4) is 0 Å². The maximum Gasteiger partial charge on any atom is 0.0283 e. The Bertz CT molecular complexity index is 123. The molecule has 1 atom stereocenters. The highest BCUT2D eigenvalue weighted by Gasteiger charge is 2.40. The molecule has 0 saturated carbocycles. The molecule has 1 aliphatic heterocycles. The highest BCUT2D eigenvalue weighted by molar-refractivity contribution is 5.02. The van der Waals surface area contributed by atoms with Crippen LogP contribution in [0.2, 0.25) is 0 Å². The lowest BCUT2D eigenvalue weighted by molar-refractivity contribution is 0.288. The minimum atomic E-state index is 0.486.